The molecule has 1 saturated heterocycles. The average Bonchev–Trinajstić information content (AvgIpc) is 3.64. The minimum Gasteiger partial charge on any atom is -0.467 e. The number of rotatable bonds is 24. The molecular formula is C40H66N8O10. The molecule has 11 N–H and O–H groups in total. The molecule has 2 rings (SSSR count). The van der Waals surface area contributed by atoms with E-state index >= 15 is 0 Å². The van der Waals surface area contributed by atoms with E-state index in [1.54, 1.807) is 43.0 Å². The lowest BCUT2D eigenvalue weighted by molar-refractivity contribution is -0.147. The molecule has 0 unspecified atom stereocenters. The summed E-state index contributed by atoms with van der Waals surface area (Å²) in [5, 5.41) is 34.5. The molecule has 1 aliphatic rings. The van der Waals surface area contributed by atoms with E-state index in [1.807, 2.05) is 33.8 Å². The van der Waals surface area contributed by atoms with Crippen molar-refractivity contribution in [2.75, 3.05) is 26.8 Å². The van der Waals surface area contributed by atoms with Crippen molar-refractivity contribution in [3.8, 4) is 0 Å². The highest BCUT2D eigenvalue weighted by Crippen LogP contribution is 2.21. The molecule has 0 aromatic heterocycles. The van der Waals surface area contributed by atoms with Crippen LogP contribution in [0.2, 0.25) is 0 Å². The summed E-state index contributed by atoms with van der Waals surface area (Å²) in [6.07, 6.45) is 0.0200. The van der Waals surface area contributed by atoms with Crippen molar-refractivity contribution < 1.29 is 48.5 Å². The molecule has 18 nitrogen and oxygen atoms in total. The van der Waals surface area contributed by atoms with Gasteiger partial charge in [-0.15, -0.1) is 0 Å². The Morgan fingerprint density at radius 1 is 0.862 bits per heavy atom. The first-order chi connectivity index (χ1) is 27.3. The maximum atomic E-state index is 13.9. The zero-order chi connectivity index (χ0) is 43.7. The van der Waals surface area contributed by atoms with Crippen LogP contribution >= 0.6 is 0 Å². The van der Waals surface area contributed by atoms with Gasteiger partial charge >= 0.3 is 5.97 Å². The van der Waals surface area contributed by atoms with Crippen LogP contribution in [0.5, 0.6) is 0 Å². The largest absolute Gasteiger partial charge is 0.467 e. The minimum absolute atomic E-state index is 0.0612. The Morgan fingerprint density at radius 2 is 1.48 bits per heavy atom. The Labute approximate surface area is 341 Å². The maximum absolute atomic E-state index is 13.9. The van der Waals surface area contributed by atoms with E-state index < -0.39 is 103 Å². The number of carbonyl (C=O) groups is 7. The highest BCUT2D eigenvalue weighted by atomic mass is 16.5. The second-order valence-corrected chi connectivity index (χ2v) is 15.9. The summed E-state index contributed by atoms with van der Waals surface area (Å²) in [4.78, 5) is 93.5. The lowest BCUT2D eigenvalue weighted by atomic mass is 9.96. The smallest absolute Gasteiger partial charge is 0.328 e. The molecule has 0 radical (unpaired) electrons. The Balaban J connectivity index is 2.32. The third-order valence-electron chi connectivity index (χ3n) is 10.3. The van der Waals surface area contributed by atoms with Gasteiger partial charge in [0.2, 0.25) is 35.4 Å². The summed E-state index contributed by atoms with van der Waals surface area (Å²) in [5.41, 5.74) is 11.9. The maximum Gasteiger partial charge on any atom is 0.328 e. The van der Waals surface area contributed by atoms with Crippen molar-refractivity contribution in [2.24, 2.45) is 29.2 Å². The van der Waals surface area contributed by atoms with Crippen LogP contribution in [-0.4, -0.2) is 132 Å². The number of hydrogen-bond donors (Lipinski definition) is 9. The van der Waals surface area contributed by atoms with E-state index in [-0.39, 0.29) is 37.1 Å². The van der Waals surface area contributed by atoms with Crippen LogP contribution in [0.25, 0.3) is 0 Å². The highest BCUT2D eigenvalue weighted by molar-refractivity contribution is 5.95. The van der Waals surface area contributed by atoms with Gasteiger partial charge in [0, 0.05) is 6.54 Å². The van der Waals surface area contributed by atoms with E-state index in [0.29, 0.717) is 25.8 Å². The van der Waals surface area contributed by atoms with E-state index in [0.717, 1.165) is 5.56 Å². The molecule has 58 heavy (non-hydrogen) atoms. The first-order valence-electron chi connectivity index (χ1n) is 20.0. The van der Waals surface area contributed by atoms with Crippen molar-refractivity contribution in [3.63, 3.8) is 0 Å². The number of esters is 1. The van der Waals surface area contributed by atoms with Crippen molar-refractivity contribution in [1.29, 1.82) is 0 Å². The number of likely N-dealkylation sites (tertiary alicyclic amines) is 1. The third-order valence-corrected chi connectivity index (χ3v) is 10.3. The van der Waals surface area contributed by atoms with Gasteiger partial charge in [0.05, 0.1) is 38.3 Å². The summed E-state index contributed by atoms with van der Waals surface area (Å²) >= 11 is 0. The summed E-state index contributed by atoms with van der Waals surface area (Å²) in [5.74, 6) is -5.48. The number of amides is 6. The molecule has 0 saturated carbocycles. The second kappa shape index (κ2) is 24.3. The van der Waals surface area contributed by atoms with Crippen molar-refractivity contribution in [1.82, 2.24) is 31.5 Å². The van der Waals surface area contributed by atoms with Crippen LogP contribution in [0.3, 0.4) is 0 Å². The SMILES string of the molecule is CC[C@H](C)[C@H](NC(=O)[C@H]1CCCN1C[C@@H](O)[C@@H](Cc1ccccc1)NC(=O)[C@H](CC(N)=O)NC(=O)[C@H](CC(C)C)NC(=O)[C@@H](N)CO)C(=O)N[C@H](C(=O)OC)C(C)C. The summed E-state index contributed by atoms with van der Waals surface area (Å²) in [6, 6.07) is 1.50. The average molecular weight is 819 g/mol. The van der Waals surface area contributed by atoms with Crippen molar-refractivity contribution in [3.05, 3.63) is 35.9 Å². The van der Waals surface area contributed by atoms with E-state index in [2.05, 4.69) is 26.6 Å². The fourth-order valence-corrected chi connectivity index (χ4v) is 6.71. The number of β-amino-alcohol motifs (C(OH)–C–C–N with tert-alkyl or cyclic N) is 1. The molecule has 1 aliphatic heterocycles. The normalized spacial score (nSPS) is 18.4. The highest BCUT2D eigenvalue weighted by Gasteiger charge is 2.39. The zero-order valence-electron chi connectivity index (χ0n) is 34.9. The van der Waals surface area contributed by atoms with Gasteiger partial charge in [-0.05, 0) is 55.5 Å². The molecular weight excluding hydrogens is 752 g/mol. The number of benzene rings is 1. The first-order valence-corrected chi connectivity index (χ1v) is 20.0. The van der Waals surface area contributed by atoms with Crippen LogP contribution in [0, 0.1) is 17.8 Å². The van der Waals surface area contributed by atoms with E-state index in [1.165, 1.54) is 7.11 Å². The predicted molar refractivity (Wildman–Crippen MR) is 215 cm³/mol. The van der Waals surface area contributed by atoms with Crippen LogP contribution in [-0.2, 0) is 44.7 Å². The van der Waals surface area contributed by atoms with Gasteiger partial charge in [0.25, 0.3) is 0 Å². The quantitative estimate of drug-likeness (QED) is 0.0545. The molecule has 6 amide bonds. The molecule has 0 spiro atoms. The minimum atomic E-state index is -1.49. The van der Waals surface area contributed by atoms with Gasteiger partial charge < -0.3 is 53.0 Å². The molecule has 18 heteroatoms. The van der Waals surface area contributed by atoms with Crippen LogP contribution in [0.4, 0.5) is 0 Å². The lowest BCUT2D eigenvalue weighted by Crippen LogP contribution is -2.60. The Morgan fingerprint density at radius 3 is 2.03 bits per heavy atom. The number of carbonyl (C=O) groups excluding carboxylic acids is 7. The Hall–Kier alpha value is -4.65. The third kappa shape index (κ3) is 15.6. The number of ether oxygens (including phenoxy) is 1. The second-order valence-electron chi connectivity index (χ2n) is 15.9. The number of aliphatic hydroxyl groups excluding tert-OH is 2. The molecule has 9 atom stereocenters. The molecule has 1 fully saturated rings. The van der Waals surface area contributed by atoms with Gasteiger partial charge in [-0.3, -0.25) is 33.7 Å². The Kier molecular flexibility index (Phi) is 20.7. The van der Waals surface area contributed by atoms with E-state index in [4.69, 9.17) is 16.2 Å². The van der Waals surface area contributed by atoms with Gasteiger partial charge in [-0.2, -0.15) is 0 Å². The number of methoxy groups -OCH3 is 1. The number of nitrogens with two attached hydrogens (primary N) is 2. The number of primary amides is 1. The summed E-state index contributed by atoms with van der Waals surface area (Å²) < 4.78 is 4.87. The number of hydrogen-bond acceptors (Lipinski definition) is 12. The molecule has 1 aromatic carbocycles. The van der Waals surface area contributed by atoms with Crippen LogP contribution in [0.1, 0.15) is 79.2 Å². The van der Waals surface area contributed by atoms with Crippen molar-refractivity contribution in [2.45, 2.75) is 128 Å². The topological polar surface area (TPSA) is 285 Å². The van der Waals surface area contributed by atoms with Gasteiger partial charge in [-0.25, -0.2) is 4.79 Å². The first kappa shape index (κ1) is 49.5. The summed E-state index contributed by atoms with van der Waals surface area (Å²) in [6.45, 7) is 10.6. The van der Waals surface area contributed by atoms with Gasteiger partial charge in [0.15, 0.2) is 0 Å². The monoisotopic (exact) mass is 818 g/mol. The zero-order valence-corrected chi connectivity index (χ0v) is 34.9. The molecule has 0 bridgehead atoms. The fraction of sp³-hybridized carbons (Fsp3) is 0.675. The molecule has 326 valence electrons. The number of nitrogens with one attached hydrogen (secondary N) is 5. The van der Waals surface area contributed by atoms with E-state index in [9.17, 15) is 43.8 Å². The van der Waals surface area contributed by atoms with Gasteiger partial charge in [0.1, 0.15) is 30.2 Å². The fourth-order valence-electron chi connectivity index (χ4n) is 6.71. The standard InChI is InChI=1S/C40H66N8O10/c1-8-24(6)34(39(56)46-33(23(4)5)40(57)58-7)47-38(55)30-15-12-16-48(30)20-31(50)27(18-25-13-10-9-11-14-25)43-37(54)29(19-32(42)51)45-36(53)28(17-22(2)3)44-35(52)26(41)21-49/h9-11,13-14,22-24,26-31,33-34,49-50H,8,12,15-21,41H2,1-7H3,(H2,42,51)(H,43,54)(H,44,52)(H,45,53)(H,46,56)(H,47,55)/t24-,26-,27+,28-,29-,30+,31+,33-,34-/m0/s1. The Bertz CT molecular complexity index is 1530. The van der Waals surface area contributed by atoms with Crippen LogP contribution in [0.15, 0.2) is 30.3 Å². The lowest BCUT2D eigenvalue weighted by Gasteiger charge is -2.33. The molecule has 0 aliphatic carbocycles. The molecule has 1 heterocycles. The number of nitrogens with zero attached hydrogens (tertiary/aromatic N) is 1. The van der Waals surface area contributed by atoms with Gasteiger partial charge in [-0.1, -0.05) is 78.3 Å². The van der Waals surface area contributed by atoms with Crippen molar-refractivity contribution >= 4 is 41.4 Å². The molecule has 1 aromatic rings. The van der Waals surface area contributed by atoms with Crippen LogP contribution < -0.4 is 38.1 Å². The predicted octanol–water partition coefficient (Wildman–Crippen LogP) is -1.41. The summed E-state index contributed by atoms with van der Waals surface area (Å²) in [7, 11) is 1.24. The number of aliphatic hydroxyl groups is 2.